The van der Waals surface area contributed by atoms with Crippen LogP contribution in [-0.2, 0) is 0 Å². The summed E-state index contributed by atoms with van der Waals surface area (Å²) in [5.41, 5.74) is 0.770. The molecule has 0 saturated carbocycles. The molecule has 0 fully saturated rings. The van der Waals surface area contributed by atoms with Crippen molar-refractivity contribution in [2.24, 2.45) is 5.92 Å². The van der Waals surface area contributed by atoms with Crippen molar-refractivity contribution in [2.45, 2.75) is 46.5 Å². The van der Waals surface area contributed by atoms with Crippen molar-refractivity contribution in [2.75, 3.05) is 6.61 Å². The first-order valence-electron chi connectivity index (χ1n) is 7.10. The molecule has 0 N–H and O–H groups in total. The molecule has 1 aromatic rings. The van der Waals surface area contributed by atoms with E-state index in [1.54, 1.807) is 0 Å². The topological polar surface area (TPSA) is 26.3 Å². The first-order chi connectivity index (χ1) is 9.13. The van der Waals surface area contributed by atoms with Crippen LogP contribution in [-0.4, -0.2) is 12.4 Å². The minimum atomic E-state index is 0.134. The SMILES string of the molecule is CCCCC(CC)C(=O)c1ccc(OCC)cc1Br. The van der Waals surface area contributed by atoms with Gasteiger partial charge in [0.25, 0.3) is 0 Å². The summed E-state index contributed by atoms with van der Waals surface area (Å²) in [6, 6.07) is 5.61. The van der Waals surface area contributed by atoms with E-state index in [-0.39, 0.29) is 11.7 Å². The van der Waals surface area contributed by atoms with Crippen LogP contribution in [0.2, 0.25) is 0 Å². The van der Waals surface area contributed by atoms with Crippen LogP contribution in [0.4, 0.5) is 0 Å². The fourth-order valence-electron chi connectivity index (χ4n) is 2.14. The lowest BCUT2D eigenvalue weighted by Crippen LogP contribution is -2.14. The predicted octanol–water partition coefficient (Wildman–Crippen LogP) is 5.25. The second-order valence-corrected chi connectivity index (χ2v) is 5.54. The molecule has 0 bridgehead atoms. The van der Waals surface area contributed by atoms with E-state index in [1.807, 2.05) is 25.1 Å². The third-order valence-electron chi connectivity index (χ3n) is 3.29. The fourth-order valence-corrected chi connectivity index (χ4v) is 2.70. The predicted molar refractivity (Wildman–Crippen MR) is 82.9 cm³/mol. The molecule has 106 valence electrons. The number of Topliss-reactive ketones (excluding diaryl/α,β-unsaturated/α-hetero) is 1. The Kier molecular flexibility index (Phi) is 7.14. The quantitative estimate of drug-likeness (QED) is 0.610. The van der Waals surface area contributed by atoms with E-state index in [2.05, 4.69) is 29.8 Å². The van der Waals surface area contributed by atoms with E-state index in [1.165, 1.54) is 0 Å². The third kappa shape index (κ3) is 4.64. The smallest absolute Gasteiger partial charge is 0.167 e. The maximum Gasteiger partial charge on any atom is 0.167 e. The van der Waals surface area contributed by atoms with Crippen molar-refractivity contribution in [3.05, 3.63) is 28.2 Å². The van der Waals surface area contributed by atoms with Gasteiger partial charge >= 0.3 is 0 Å². The van der Waals surface area contributed by atoms with Gasteiger partial charge in [-0.15, -0.1) is 0 Å². The molecule has 0 aliphatic carbocycles. The van der Waals surface area contributed by atoms with Crippen LogP contribution in [0.3, 0.4) is 0 Å². The van der Waals surface area contributed by atoms with Crippen LogP contribution >= 0.6 is 15.9 Å². The molecule has 0 aliphatic rings. The molecule has 3 heteroatoms. The van der Waals surface area contributed by atoms with Crippen molar-refractivity contribution in [1.82, 2.24) is 0 Å². The molecule has 0 spiro atoms. The minimum absolute atomic E-state index is 0.134. The molecule has 1 atom stereocenters. The molecule has 1 unspecified atom stereocenters. The molecule has 0 aliphatic heterocycles. The zero-order chi connectivity index (χ0) is 14.3. The van der Waals surface area contributed by atoms with Crippen LogP contribution in [0.5, 0.6) is 5.75 Å². The van der Waals surface area contributed by atoms with Gasteiger partial charge in [0, 0.05) is 16.0 Å². The van der Waals surface area contributed by atoms with Crippen molar-refractivity contribution >= 4 is 21.7 Å². The van der Waals surface area contributed by atoms with Gasteiger partial charge in [-0.25, -0.2) is 0 Å². The van der Waals surface area contributed by atoms with Gasteiger partial charge in [0.15, 0.2) is 5.78 Å². The number of ether oxygens (including phenoxy) is 1. The molecule has 0 heterocycles. The molecule has 19 heavy (non-hydrogen) atoms. The lowest BCUT2D eigenvalue weighted by Gasteiger charge is -2.15. The molecule has 0 aromatic heterocycles. The molecule has 1 aromatic carbocycles. The maximum absolute atomic E-state index is 12.5. The number of hydrogen-bond acceptors (Lipinski definition) is 2. The van der Waals surface area contributed by atoms with E-state index in [0.29, 0.717) is 6.61 Å². The van der Waals surface area contributed by atoms with E-state index in [4.69, 9.17) is 4.74 Å². The van der Waals surface area contributed by atoms with E-state index in [9.17, 15) is 4.79 Å². The average Bonchev–Trinajstić information content (AvgIpc) is 2.40. The number of hydrogen-bond donors (Lipinski definition) is 0. The summed E-state index contributed by atoms with van der Waals surface area (Å²) in [5.74, 6) is 1.17. The molecule has 0 amide bonds. The van der Waals surface area contributed by atoms with E-state index < -0.39 is 0 Å². The Labute approximate surface area is 124 Å². The molecule has 0 radical (unpaired) electrons. The van der Waals surface area contributed by atoms with Crippen molar-refractivity contribution in [3.8, 4) is 5.75 Å². The van der Waals surface area contributed by atoms with Gasteiger partial charge in [0.1, 0.15) is 5.75 Å². The molecular weight excluding hydrogens is 304 g/mol. The Morgan fingerprint density at radius 1 is 1.32 bits per heavy atom. The highest BCUT2D eigenvalue weighted by atomic mass is 79.9. The lowest BCUT2D eigenvalue weighted by atomic mass is 9.90. The summed E-state index contributed by atoms with van der Waals surface area (Å²) < 4.78 is 6.26. The average molecular weight is 327 g/mol. The van der Waals surface area contributed by atoms with E-state index in [0.717, 1.165) is 41.5 Å². The van der Waals surface area contributed by atoms with Crippen LogP contribution in [0.15, 0.2) is 22.7 Å². The van der Waals surface area contributed by atoms with Crippen LogP contribution in [0, 0.1) is 5.92 Å². The number of unbranched alkanes of at least 4 members (excludes halogenated alkanes) is 1. The largest absolute Gasteiger partial charge is 0.494 e. The van der Waals surface area contributed by atoms with Crippen molar-refractivity contribution in [3.63, 3.8) is 0 Å². The van der Waals surface area contributed by atoms with Crippen LogP contribution < -0.4 is 4.74 Å². The number of carbonyl (C=O) groups is 1. The Balaban J connectivity index is 2.85. The lowest BCUT2D eigenvalue weighted by molar-refractivity contribution is 0.0907. The van der Waals surface area contributed by atoms with Gasteiger partial charge < -0.3 is 4.74 Å². The molecule has 2 nitrogen and oxygen atoms in total. The number of ketones is 1. The van der Waals surface area contributed by atoms with Gasteiger partial charge in [-0.05, 0) is 53.9 Å². The second-order valence-electron chi connectivity index (χ2n) is 4.69. The highest BCUT2D eigenvalue weighted by Gasteiger charge is 2.20. The Morgan fingerprint density at radius 2 is 2.05 bits per heavy atom. The normalized spacial score (nSPS) is 12.2. The van der Waals surface area contributed by atoms with Gasteiger partial charge in [-0.2, -0.15) is 0 Å². The highest BCUT2D eigenvalue weighted by Crippen LogP contribution is 2.27. The van der Waals surface area contributed by atoms with Gasteiger partial charge in [-0.3, -0.25) is 4.79 Å². The van der Waals surface area contributed by atoms with Crippen LogP contribution in [0.25, 0.3) is 0 Å². The highest BCUT2D eigenvalue weighted by molar-refractivity contribution is 9.10. The maximum atomic E-state index is 12.5. The second kappa shape index (κ2) is 8.36. The molecule has 0 saturated heterocycles. The fraction of sp³-hybridized carbons (Fsp3) is 0.562. The first kappa shape index (κ1) is 16.2. The summed E-state index contributed by atoms with van der Waals surface area (Å²) in [5, 5.41) is 0. The Bertz CT molecular complexity index is 415. The third-order valence-corrected chi connectivity index (χ3v) is 3.94. The minimum Gasteiger partial charge on any atom is -0.494 e. The Morgan fingerprint density at radius 3 is 2.58 bits per heavy atom. The molecule has 1 rings (SSSR count). The Hall–Kier alpha value is -0.830. The van der Waals surface area contributed by atoms with E-state index >= 15 is 0 Å². The van der Waals surface area contributed by atoms with Crippen molar-refractivity contribution < 1.29 is 9.53 Å². The zero-order valence-corrected chi connectivity index (χ0v) is 13.6. The van der Waals surface area contributed by atoms with Crippen LogP contribution in [0.1, 0.15) is 56.8 Å². The number of benzene rings is 1. The van der Waals surface area contributed by atoms with Crippen molar-refractivity contribution in [1.29, 1.82) is 0 Å². The monoisotopic (exact) mass is 326 g/mol. The standard InChI is InChI=1S/C16H23BrO2/c1-4-7-8-12(5-2)16(18)14-10-9-13(19-6-3)11-15(14)17/h9-12H,4-8H2,1-3H3. The summed E-state index contributed by atoms with van der Waals surface area (Å²) >= 11 is 3.48. The van der Waals surface area contributed by atoms with Gasteiger partial charge in [0.05, 0.1) is 6.61 Å². The summed E-state index contributed by atoms with van der Waals surface area (Å²) in [4.78, 5) is 12.5. The summed E-state index contributed by atoms with van der Waals surface area (Å²) in [6.45, 7) is 6.82. The number of halogens is 1. The molecular formula is C16H23BrO2. The summed E-state index contributed by atoms with van der Waals surface area (Å²) in [7, 11) is 0. The van der Waals surface area contributed by atoms with Gasteiger partial charge in [0.2, 0.25) is 0 Å². The first-order valence-corrected chi connectivity index (χ1v) is 7.89. The number of carbonyl (C=O) groups excluding carboxylic acids is 1. The van der Waals surface area contributed by atoms with Gasteiger partial charge in [-0.1, -0.05) is 26.7 Å². The summed E-state index contributed by atoms with van der Waals surface area (Å²) in [6.07, 6.45) is 4.12. The number of rotatable bonds is 8. The zero-order valence-electron chi connectivity index (χ0n) is 12.0.